The van der Waals surface area contributed by atoms with Crippen molar-refractivity contribution in [2.24, 2.45) is 0 Å². The van der Waals surface area contributed by atoms with Crippen molar-refractivity contribution in [3.8, 4) is 23.0 Å². The minimum atomic E-state index is -0.945. The number of esters is 6. The average Bonchev–Trinajstić information content (AvgIpc) is 3.96. The van der Waals surface area contributed by atoms with E-state index in [1.165, 1.54) is 97.1 Å². The van der Waals surface area contributed by atoms with Gasteiger partial charge in [0.2, 0.25) is 0 Å². The Labute approximate surface area is 399 Å². The van der Waals surface area contributed by atoms with E-state index in [9.17, 15) is 38.4 Å². The fourth-order valence-electron chi connectivity index (χ4n) is 6.44. The average molecular weight is 967 g/mol. The quantitative estimate of drug-likeness (QED) is 0.0198. The summed E-state index contributed by atoms with van der Waals surface area (Å²) in [5, 5.41) is 0. The van der Waals surface area contributed by atoms with Gasteiger partial charge >= 0.3 is 48.1 Å². The third-order valence-corrected chi connectivity index (χ3v) is 10.0. The topological polar surface area (TPSA) is 247 Å². The van der Waals surface area contributed by atoms with Gasteiger partial charge in [-0.25, -0.2) is 38.4 Å². The van der Waals surface area contributed by atoms with Crippen LogP contribution in [0.3, 0.4) is 0 Å². The van der Waals surface area contributed by atoms with Gasteiger partial charge in [0.1, 0.15) is 35.2 Å². The normalized spacial score (nSPS) is 16.5. The molecule has 2 fully saturated rings. The molecule has 0 spiro atoms. The summed E-state index contributed by atoms with van der Waals surface area (Å²) in [4.78, 5) is 97.6. The molecule has 4 aromatic rings. The van der Waals surface area contributed by atoms with Crippen LogP contribution >= 0.6 is 0 Å². The summed E-state index contributed by atoms with van der Waals surface area (Å²) in [5.41, 5.74) is 0.613. The number of hydrogen-bond acceptors (Lipinski definition) is 20. The highest BCUT2D eigenvalue weighted by Gasteiger charge is 2.51. The summed E-state index contributed by atoms with van der Waals surface area (Å²) in [6.07, 6.45) is -0.999. The number of carbonyl (C=O) groups is 8. The van der Waals surface area contributed by atoms with Crippen molar-refractivity contribution >= 4 is 48.1 Å². The number of fused-ring (bicyclic) bond motifs is 1. The Morgan fingerprint density at radius 1 is 0.414 bits per heavy atom. The first-order chi connectivity index (χ1) is 33.9. The Morgan fingerprint density at radius 3 is 1.01 bits per heavy atom. The second-order valence-corrected chi connectivity index (χ2v) is 14.9. The number of rotatable bonds is 22. The zero-order valence-corrected chi connectivity index (χ0v) is 37.4. The number of carbonyl (C=O) groups excluding carboxylic acids is 8. The molecule has 20 heteroatoms. The SMILES string of the molecule is C=CC(=O)OCCCCOC(=O)Oc1ccc(C(=O)Oc2ccc(C(=O)O[C@H]3CO[C@@H]4[C@H]3OC[C@@H]4OC(=O)c3ccc(OC(=O)c4ccc(OC(=O)OCCCCOC(=O)C=C)cc4)cc3)cc2)cc1. The molecule has 366 valence electrons. The van der Waals surface area contributed by atoms with Crippen LogP contribution in [0.15, 0.2) is 122 Å². The van der Waals surface area contributed by atoms with Crippen molar-refractivity contribution in [2.45, 2.75) is 50.1 Å². The van der Waals surface area contributed by atoms with Crippen molar-refractivity contribution < 1.29 is 95.2 Å². The van der Waals surface area contributed by atoms with Gasteiger partial charge in [-0.2, -0.15) is 0 Å². The second kappa shape index (κ2) is 25.7. The van der Waals surface area contributed by atoms with E-state index in [0.717, 1.165) is 12.2 Å². The lowest BCUT2D eigenvalue weighted by atomic mass is 10.1. The van der Waals surface area contributed by atoms with Gasteiger partial charge < -0.3 is 56.8 Å². The van der Waals surface area contributed by atoms with Crippen LogP contribution in [0.25, 0.3) is 0 Å². The molecule has 2 aliphatic heterocycles. The lowest BCUT2D eigenvalue weighted by Crippen LogP contribution is -2.36. The fourth-order valence-corrected chi connectivity index (χ4v) is 6.44. The first-order valence-electron chi connectivity index (χ1n) is 21.7. The molecule has 20 nitrogen and oxygen atoms in total. The molecule has 2 heterocycles. The molecule has 0 aliphatic carbocycles. The minimum Gasteiger partial charge on any atom is -0.463 e. The molecular weight excluding hydrogens is 921 g/mol. The third kappa shape index (κ3) is 15.3. The number of ether oxygens (including phenoxy) is 12. The van der Waals surface area contributed by atoms with Crippen molar-refractivity contribution in [1.82, 2.24) is 0 Å². The zero-order valence-electron chi connectivity index (χ0n) is 37.4. The Morgan fingerprint density at radius 2 is 0.700 bits per heavy atom. The third-order valence-electron chi connectivity index (χ3n) is 10.0. The number of hydrogen-bond donors (Lipinski definition) is 0. The smallest absolute Gasteiger partial charge is 0.463 e. The van der Waals surface area contributed by atoms with Crippen LogP contribution in [-0.2, 0) is 47.5 Å². The van der Waals surface area contributed by atoms with Crippen molar-refractivity contribution in [1.29, 1.82) is 0 Å². The highest BCUT2D eigenvalue weighted by Crippen LogP contribution is 2.32. The van der Waals surface area contributed by atoms with Gasteiger partial charge in [-0.05, 0) is 123 Å². The summed E-state index contributed by atoms with van der Waals surface area (Å²) in [6, 6.07) is 22.4. The van der Waals surface area contributed by atoms with E-state index < -0.39 is 72.5 Å². The van der Waals surface area contributed by atoms with Gasteiger partial charge in [-0.3, -0.25) is 0 Å². The molecule has 0 N–H and O–H groups in total. The van der Waals surface area contributed by atoms with Crippen LogP contribution in [-0.4, -0.2) is 112 Å². The Kier molecular flexibility index (Phi) is 18.7. The molecule has 4 atom stereocenters. The van der Waals surface area contributed by atoms with Crippen LogP contribution in [0.1, 0.15) is 67.1 Å². The summed E-state index contributed by atoms with van der Waals surface area (Å²) in [6.45, 7) is 6.98. The van der Waals surface area contributed by atoms with Gasteiger partial charge in [-0.1, -0.05) is 13.2 Å². The maximum absolute atomic E-state index is 13.1. The molecule has 4 aromatic carbocycles. The van der Waals surface area contributed by atoms with Crippen LogP contribution in [0, 0.1) is 0 Å². The summed E-state index contributed by atoms with van der Waals surface area (Å²) < 4.78 is 63.7. The van der Waals surface area contributed by atoms with Crippen LogP contribution in [0.5, 0.6) is 23.0 Å². The van der Waals surface area contributed by atoms with E-state index in [1.54, 1.807) is 0 Å². The molecule has 0 aromatic heterocycles. The van der Waals surface area contributed by atoms with Gasteiger partial charge in [-0.15, -0.1) is 0 Å². The predicted molar refractivity (Wildman–Crippen MR) is 238 cm³/mol. The van der Waals surface area contributed by atoms with Gasteiger partial charge in [0.05, 0.1) is 61.9 Å². The maximum atomic E-state index is 13.1. The van der Waals surface area contributed by atoms with Crippen LogP contribution in [0.4, 0.5) is 9.59 Å². The molecular formula is C50H46O20. The maximum Gasteiger partial charge on any atom is 0.513 e. The molecule has 0 amide bonds. The minimum absolute atomic E-state index is 0.0198. The molecule has 2 saturated heterocycles. The molecule has 0 bridgehead atoms. The summed E-state index contributed by atoms with van der Waals surface area (Å²) in [5.74, 6) is -3.35. The van der Waals surface area contributed by atoms with Crippen LogP contribution in [0.2, 0.25) is 0 Å². The lowest BCUT2D eigenvalue weighted by molar-refractivity contribution is -0.138. The van der Waals surface area contributed by atoms with E-state index in [0.29, 0.717) is 25.7 Å². The zero-order chi connectivity index (χ0) is 49.8. The van der Waals surface area contributed by atoms with Crippen molar-refractivity contribution in [2.75, 3.05) is 39.6 Å². The highest BCUT2D eigenvalue weighted by molar-refractivity contribution is 5.93. The van der Waals surface area contributed by atoms with Gasteiger partial charge in [0, 0.05) is 12.2 Å². The van der Waals surface area contributed by atoms with Gasteiger partial charge in [0.15, 0.2) is 12.2 Å². The largest absolute Gasteiger partial charge is 0.513 e. The molecule has 0 radical (unpaired) electrons. The molecule has 2 aliphatic rings. The first kappa shape index (κ1) is 51.0. The Hall–Kier alpha value is -8.36. The number of unbranched alkanes of at least 4 members (excludes halogenated alkanes) is 2. The van der Waals surface area contributed by atoms with E-state index >= 15 is 0 Å². The van der Waals surface area contributed by atoms with E-state index in [4.69, 9.17) is 56.8 Å². The summed E-state index contributed by atoms with van der Waals surface area (Å²) in [7, 11) is 0. The second-order valence-electron chi connectivity index (χ2n) is 14.9. The molecule has 6 rings (SSSR count). The highest BCUT2D eigenvalue weighted by atomic mass is 16.7. The summed E-state index contributed by atoms with van der Waals surface area (Å²) >= 11 is 0. The Bertz CT molecular complexity index is 2320. The van der Waals surface area contributed by atoms with Crippen molar-refractivity contribution in [3.05, 3.63) is 145 Å². The van der Waals surface area contributed by atoms with Crippen molar-refractivity contribution in [3.63, 3.8) is 0 Å². The Balaban J connectivity index is 0.876. The predicted octanol–water partition coefficient (Wildman–Crippen LogP) is 6.72. The van der Waals surface area contributed by atoms with Crippen LogP contribution < -0.4 is 18.9 Å². The monoisotopic (exact) mass is 966 g/mol. The molecule has 0 saturated carbocycles. The lowest BCUT2D eigenvalue weighted by Gasteiger charge is -2.17. The number of benzene rings is 4. The standard InChI is InChI=1S/C50H46O20/c1-3-41(51)59-25-5-7-27-61-49(57)67-37-21-13-31(14-22-37)45(53)65-35-17-9-33(10-18-35)47(55)69-39-29-63-44-40(30-64-43(39)44)70-48(56)34-11-19-36(20-12-34)66-46(54)32-15-23-38(24-16-32)68-50(58)62-28-8-6-26-60-42(52)4-2/h3-4,9-24,39-40,43-44H,1-2,5-8,25-30H2/t39-,40-,43-,44-/m0/s1. The molecule has 0 unspecified atom stereocenters. The molecule has 70 heavy (non-hydrogen) atoms. The first-order valence-corrected chi connectivity index (χ1v) is 21.7. The fraction of sp³-hybridized carbons (Fsp3) is 0.280. The van der Waals surface area contributed by atoms with Gasteiger partial charge in [0.25, 0.3) is 0 Å². The van der Waals surface area contributed by atoms with E-state index in [2.05, 4.69) is 13.2 Å². The van der Waals surface area contributed by atoms with E-state index in [1.807, 2.05) is 0 Å². The van der Waals surface area contributed by atoms with E-state index in [-0.39, 0.29) is 84.9 Å².